The molecule has 1 aromatic rings. The lowest BCUT2D eigenvalue weighted by atomic mass is 10.0. The smallest absolute Gasteiger partial charge is 0.325 e. The van der Waals surface area contributed by atoms with Crippen LogP contribution in [-0.2, 0) is 30.4 Å². The molecule has 0 radical (unpaired) electrons. The summed E-state index contributed by atoms with van der Waals surface area (Å²) in [6.45, 7) is 4.99. The average molecular weight is 480 g/mol. The molecule has 9 N–H and O–H groups in total. The largest absolute Gasteiger partial charge is 0.508 e. The van der Waals surface area contributed by atoms with Crippen LogP contribution >= 0.6 is 0 Å². The van der Waals surface area contributed by atoms with Crippen LogP contribution < -0.4 is 27.4 Å². The first-order valence-corrected chi connectivity index (χ1v) is 10.8. The molecule has 0 fully saturated rings. The van der Waals surface area contributed by atoms with Gasteiger partial charge in [-0.2, -0.15) is 0 Å². The van der Waals surface area contributed by atoms with Gasteiger partial charge in [0.1, 0.15) is 23.9 Å². The Labute approximate surface area is 197 Å². The zero-order chi connectivity index (χ0) is 26.0. The summed E-state index contributed by atoms with van der Waals surface area (Å²) in [7, 11) is 0. The number of phenolic OH excluding ortho intramolecular Hbond substituents is 1. The quantitative estimate of drug-likeness (QED) is 0.181. The Morgan fingerprint density at radius 2 is 1.41 bits per heavy atom. The molecule has 1 aromatic carbocycles. The number of hydrogen-bond acceptors (Lipinski definition) is 7. The van der Waals surface area contributed by atoms with Crippen LogP contribution in [0.4, 0.5) is 0 Å². The molecule has 4 unspecified atom stereocenters. The monoisotopic (exact) mass is 479 g/mol. The van der Waals surface area contributed by atoms with E-state index in [-0.39, 0.29) is 18.1 Å². The second-order valence-corrected chi connectivity index (χ2v) is 8.47. The molecule has 0 aliphatic heterocycles. The van der Waals surface area contributed by atoms with E-state index in [0.29, 0.717) is 12.0 Å². The number of aliphatic carboxylic acids is 1. The molecule has 0 spiro atoms. The number of carbonyl (C=O) groups excluding carboxylic acids is 4. The summed E-state index contributed by atoms with van der Waals surface area (Å²) in [4.78, 5) is 60.6. The molecule has 34 heavy (non-hydrogen) atoms. The minimum Gasteiger partial charge on any atom is -0.508 e. The van der Waals surface area contributed by atoms with E-state index in [2.05, 4.69) is 16.0 Å². The van der Waals surface area contributed by atoms with Gasteiger partial charge in [0.2, 0.25) is 23.6 Å². The van der Waals surface area contributed by atoms with E-state index in [4.69, 9.17) is 16.6 Å². The Morgan fingerprint density at radius 1 is 0.882 bits per heavy atom. The van der Waals surface area contributed by atoms with Crippen molar-refractivity contribution < 1.29 is 34.2 Å². The van der Waals surface area contributed by atoms with E-state index in [1.54, 1.807) is 12.1 Å². The lowest BCUT2D eigenvalue weighted by molar-refractivity contribution is -0.142. The number of nitrogens with one attached hydrogen (secondary N) is 3. The van der Waals surface area contributed by atoms with Crippen LogP contribution in [0, 0.1) is 5.92 Å². The standard InChI is InChI=1S/C22H33N5O7/c1-11(2)8-15(23)19(30)26-16(9-13-4-6-14(28)7-5-13)21(32)27-17(10-18(24)29)20(31)25-12(3)22(33)34/h4-7,11-12,15-17,28H,8-10,23H2,1-3H3,(H2,24,29)(H,25,31)(H,26,30)(H,27,32)(H,33,34). The molecule has 1 rings (SSSR count). The van der Waals surface area contributed by atoms with Gasteiger partial charge in [0.25, 0.3) is 0 Å². The summed E-state index contributed by atoms with van der Waals surface area (Å²) in [5.41, 5.74) is 11.7. The first-order chi connectivity index (χ1) is 15.8. The summed E-state index contributed by atoms with van der Waals surface area (Å²) < 4.78 is 0. The first kappa shape index (κ1) is 28.4. The predicted molar refractivity (Wildman–Crippen MR) is 122 cm³/mol. The van der Waals surface area contributed by atoms with Crippen LogP contribution in [0.2, 0.25) is 0 Å². The molecule has 0 saturated heterocycles. The third-order valence-corrected chi connectivity index (χ3v) is 4.84. The second-order valence-electron chi connectivity index (χ2n) is 8.47. The van der Waals surface area contributed by atoms with Gasteiger partial charge in [-0.25, -0.2) is 0 Å². The highest BCUT2D eigenvalue weighted by Crippen LogP contribution is 2.12. The lowest BCUT2D eigenvalue weighted by Crippen LogP contribution is -2.58. The molecule has 0 bridgehead atoms. The number of primary amides is 1. The highest BCUT2D eigenvalue weighted by Gasteiger charge is 2.30. The van der Waals surface area contributed by atoms with Crippen molar-refractivity contribution in [2.75, 3.05) is 0 Å². The number of benzene rings is 1. The van der Waals surface area contributed by atoms with E-state index >= 15 is 0 Å². The van der Waals surface area contributed by atoms with Gasteiger partial charge in [-0.3, -0.25) is 24.0 Å². The van der Waals surface area contributed by atoms with Crippen molar-refractivity contribution in [1.29, 1.82) is 0 Å². The molecule has 0 saturated carbocycles. The molecule has 4 amide bonds. The molecule has 12 heteroatoms. The van der Waals surface area contributed by atoms with Gasteiger partial charge in [0.15, 0.2) is 0 Å². The summed E-state index contributed by atoms with van der Waals surface area (Å²) in [5.74, 6) is -4.38. The fourth-order valence-corrected chi connectivity index (χ4v) is 3.03. The zero-order valence-electron chi connectivity index (χ0n) is 19.4. The maximum Gasteiger partial charge on any atom is 0.325 e. The zero-order valence-corrected chi connectivity index (χ0v) is 19.4. The highest BCUT2D eigenvalue weighted by molar-refractivity contribution is 5.96. The highest BCUT2D eigenvalue weighted by atomic mass is 16.4. The second kappa shape index (κ2) is 13.1. The Balaban J connectivity index is 3.10. The van der Waals surface area contributed by atoms with Gasteiger partial charge in [-0.15, -0.1) is 0 Å². The lowest BCUT2D eigenvalue weighted by Gasteiger charge is -2.24. The van der Waals surface area contributed by atoms with Gasteiger partial charge < -0.3 is 37.6 Å². The summed E-state index contributed by atoms with van der Waals surface area (Å²) in [6, 6.07) is 1.12. The van der Waals surface area contributed by atoms with Gasteiger partial charge in [-0.05, 0) is 37.0 Å². The number of rotatable bonds is 13. The first-order valence-electron chi connectivity index (χ1n) is 10.8. The van der Waals surface area contributed by atoms with Crippen molar-refractivity contribution in [2.24, 2.45) is 17.4 Å². The van der Waals surface area contributed by atoms with Crippen molar-refractivity contribution in [3.63, 3.8) is 0 Å². The number of carbonyl (C=O) groups is 5. The van der Waals surface area contributed by atoms with Crippen LogP contribution in [0.25, 0.3) is 0 Å². The summed E-state index contributed by atoms with van der Waals surface area (Å²) >= 11 is 0. The van der Waals surface area contributed by atoms with Gasteiger partial charge in [-0.1, -0.05) is 26.0 Å². The van der Waals surface area contributed by atoms with E-state index in [9.17, 15) is 29.1 Å². The maximum atomic E-state index is 13.0. The van der Waals surface area contributed by atoms with Crippen molar-refractivity contribution in [3.8, 4) is 5.75 Å². The SMILES string of the molecule is CC(C)CC(N)C(=O)NC(Cc1ccc(O)cc1)C(=O)NC(CC(N)=O)C(=O)NC(C)C(=O)O. The fraction of sp³-hybridized carbons (Fsp3) is 0.500. The Kier molecular flexibility index (Phi) is 11.0. The van der Waals surface area contributed by atoms with Crippen molar-refractivity contribution >= 4 is 29.6 Å². The number of amides is 4. The van der Waals surface area contributed by atoms with Crippen LogP contribution in [0.15, 0.2) is 24.3 Å². The molecule has 4 atom stereocenters. The number of phenols is 1. The van der Waals surface area contributed by atoms with Crippen LogP contribution in [-0.4, -0.2) is 64.0 Å². The number of carboxylic acids is 1. The van der Waals surface area contributed by atoms with Crippen LogP contribution in [0.5, 0.6) is 5.75 Å². The molecular formula is C22H33N5O7. The molecule has 12 nitrogen and oxygen atoms in total. The topological polar surface area (TPSA) is 214 Å². The van der Waals surface area contributed by atoms with Gasteiger partial charge in [0, 0.05) is 6.42 Å². The third-order valence-electron chi connectivity index (χ3n) is 4.84. The van der Waals surface area contributed by atoms with Crippen molar-refractivity contribution in [1.82, 2.24) is 16.0 Å². The molecule has 0 heterocycles. The average Bonchev–Trinajstić information content (AvgIpc) is 2.73. The van der Waals surface area contributed by atoms with E-state index < -0.39 is 60.2 Å². The predicted octanol–water partition coefficient (Wildman–Crippen LogP) is -1.26. The summed E-state index contributed by atoms with van der Waals surface area (Å²) in [5, 5.41) is 25.6. The third kappa shape index (κ3) is 9.86. The molecule has 0 aliphatic rings. The number of aromatic hydroxyl groups is 1. The van der Waals surface area contributed by atoms with Crippen LogP contribution in [0.3, 0.4) is 0 Å². The van der Waals surface area contributed by atoms with Crippen LogP contribution in [0.1, 0.15) is 39.2 Å². The van der Waals surface area contributed by atoms with E-state index in [1.807, 2.05) is 13.8 Å². The number of hydrogen-bond donors (Lipinski definition) is 7. The Morgan fingerprint density at radius 3 is 1.91 bits per heavy atom. The van der Waals surface area contributed by atoms with Crippen molar-refractivity contribution in [2.45, 2.75) is 64.2 Å². The maximum absolute atomic E-state index is 13.0. The minimum atomic E-state index is -1.46. The Hall–Kier alpha value is -3.67. The van der Waals surface area contributed by atoms with Gasteiger partial charge in [0.05, 0.1) is 12.5 Å². The number of nitrogens with two attached hydrogens (primary N) is 2. The molecule has 188 valence electrons. The molecule has 0 aromatic heterocycles. The van der Waals surface area contributed by atoms with E-state index in [0.717, 1.165) is 0 Å². The van der Waals surface area contributed by atoms with Gasteiger partial charge >= 0.3 is 5.97 Å². The molecular weight excluding hydrogens is 446 g/mol. The van der Waals surface area contributed by atoms with E-state index in [1.165, 1.54) is 19.1 Å². The normalized spacial score (nSPS) is 14.4. The Bertz CT molecular complexity index is 888. The van der Waals surface area contributed by atoms with Crippen molar-refractivity contribution in [3.05, 3.63) is 29.8 Å². The molecule has 0 aliphatic carbocycles. The number of carboxylic acid groups (broad SMARTS) is 1. The fourth-order valence-electron chi connectivity index (χ4n) is 3.03. The minimum absolute atomic E-state index is 0.0112. The summed E-state index contributed by atoms with van der Waals surface area (Å²) in [6.07, 6.45) is -0.224.